The van der Waals surface area contributed by atoms with Crippen molar-refractivity contribution >= 4 is 29.1 Å². The predicted molar refractivity (Wildman–Crippen MR) is 114 cm³/mol. The molecule has 2 aliphatic heterocycles. The Hall–Kier alpha value is -3.71. The number of fused-ring (bicyclic) bond motifs is 4. The van der Waals surface area contributed by atoms with E-state index >= 15 is 0 Å². The molecule has 0 fully saturated rings. The van der Waals surface area contributed by atoms with Crippen LogP contribution >= 0.6 is 0 Å². The van der Waals surface area contributed by atoms with Gasteiger partial charge in [-0.2, -0.15) is 0 Å². The lowest BCUT2D eigenvalue weighted by molar-refractivity contribution is 0.265. The van der Waals surface area contributed by atoms with Crippen molar-refractivity contribution in [2.75, 3.05) is 25.0 Å². The molecule has 0 atom stereocenters. The maximum atomic E-state index is 5.75. The highest BCUT2D eigenvalue weighted by atomic mass is 16.5. The number of anilines is 2. The SMILES string of the molecule is C1=NC2=C(CN1NCCOc1ccccc1)c1ccncc1Nc1ncccc12. The molecule has 0 spiro atoms. The van der Waals surface area contributed by atoms with Crippen molar-refractivity contribution in [1.29, 1.82) is 0 Å². The van der Waals surface area contributed by atoms with E-state index in [-0.39, 0.29) is 0 Å². The van der Waals surface area contributed by atoms with Crippen molar-refractivity contribution < 1.29 is 4.74 Å². The Bertz CT molecular complexity index is 1080. The number of aliphatic imine (C=N–C) groups is 1. The van der Waals surface area contributed by atoms with Gasteiger partial charge >= 0.3 is 0 Å². The van der Waals surface area contributed by atoms with Crippen molar-refractivity contribution in [2.45, 2.75) is 0 Å². The lowest BCUT2D eigenvalue weighted by atomic mass is 10.0. The summed E-state index contributed by atoms with van der Waals surface area (Å²) in [5, 5.41) is 5.38. The highest BCUT2D eigenvalue weighted by Crippen LogP contribution is 2.40. The first kappa shape index (κ1) is 17.4. The van der Waals surface area contributed by atoms with Crippen LogP contribution in [0.5, 0.6) is 5.75 Å². The van der Waals surface area contributed by atoms with Gasteiger partial charge in [-0.05, 0) is 30.3 Å². The van der Waals surface area contributed by atoms with Gasteiger partial charge < -0.3 is 10.1 Å². The van der Waals surface area contributed by atoms with Gasteiger partial charge in [-0.3, -0.25) is 9.99 Å². The number of benzene rings is 1. The molecule has 2 N–H and O–H groups in total. The first-order valence-electron chi connectivity index (χ1n) is 9.50. The summed E-state index contributed by atoms with van der Waals surface area (Å²) < 4.78 is 5.75. The lowest BCUT2D eigenvalue weighted by Gasteiger charge is -2.27. The zero-order chi connectivity index (χ0) is 19.5. The molecular weight excluding hydrogens is 364 g/mol. The molecule has 3 aromatic rings. The third-order valence-electron chi connectivity index (χ3n) is 4.83. The minimum absolute atomic E-state index is 0.565. The number of aromatic nitrogens is 2. The normalized spacial score (nSPS) is 14.4. The molecule has 5 rings (SSSR count). The monoisotopic (exact) mass is 384 g/mol. The van der Waals surface area contributed by atoms with E-state index in [1.54, 1.807) is 12.4 Å². The van der Waals surface area contributed by atoms with Gasteiger partial charge in [0.05, 0.1) is 24.1 Å². The van der Waals surface area contributed by atoms with E-state index in [2.05, 4.69) is 20.7 Å². The average Bonchev–Trinajstić information content (AvgIpc) is 2.92. The average molecular weight is 384 g/mol. The van der Waals surface area contributed by atoms with Gasteiger partial charge in [0.15, 0.2) is 0 Å². The summed E-state index contributed by atoms with van der Waals surface area (Å²) in [6, 6.07) is 15.8. The highest BCUT2D eigenvalue weighted by molar-refractivity contribution is 6.02. The Labute approximate surface area is 168 Å². The zero-order valence-corrected chi connectivity index (χ0v) is 15.7. The molecule has 0 amide bonds. The fourth-order valence-electron chi connectivity index (χ4n) is 3.49. The second-order valence-corrected chi connectivity index (χ2v) is 6.72. The van der Waals surface area contributed by atoms with E-state index in [9.17, 15) is 0 Å². The van der Waals surface area contributed by atoms with Gasteiger partial charge in [0.25, 0.3) is 0 Å². The number of pyridine rings is 2. The third-order valence-corrected chi connectivity index (χ3v) is 4.83. The van der Waals surface area contributed by atoms with Crippen LogP contribution in [0.4, 0.5) is 11.5 Å². The minimum atomic E-state index is 0.565. The number of nitrogens with zero attached hydrogens (tertiary/aromatic N) is 4. The third kappa shape index (κ3) is 3.55. The van der Waals surface area contributed by atoms with Crippen LogP contribution in [0.3, 0.4) is 0 Å². The number of para-hydroxylation sites is 1. The molecule has 0 saturated heterocycles. The molecular formula is C22H20N6O. The fraction of sp³-hybridized carbons (Fsp3) is 0.136. The van der Waals surface area contributed by atoms with Crippen LogP contribution in [0.1, 0.15) is 11.1 Å². The highest BCUT2D eigenvalue weighted by Gasteiger charge is 2.25. The van der Waals surface area contributed by atoms with E-state index in [0.717, 1.165) is 39.7 Å². The second kappa shape index (κ2) is 7.73. The number of hydrogen-bond donors (Lipinski definition) is 2. The van der Waals surface area contributed by atoms with Crippen LogP contribution in [-0.2, 0) is 0 Å². The van der Waals surface area contributed by atoms with Crippen LogP contribution in [0, 0.1) is 0 Å². The molecule has 2 aliphatic rings. The Morgan fingerprint density at radius 2 is 1.97 bits per heavy atom. The number of nitrogens with one attached hydrogen (secondary N) is 2. The Balaban J connectivity index is 1.34. The number of hydrazine groups is 1. The fourth-order valence-corrected chi connectivity index (χ4v) is 3.49. The molecule has 0 aliphatic carbocycles. The summed E-state index contributed by atoms with van der Waals surface area (Å²) in [6.07, 6.45) is 7.23. The zero-order valence-electron chi connectivity index (χ0n) is 15.7. The number of hydrogen-bond acceptors (Lipinski definition) is 7. The molecule has 144 valence electrons. The standard InChI is InChI=1S/C22H20N6O/c1-2-5-16(6-3-1)29-12-11-26-28-14-19-17-8-10-23-13-20(17)27-22-18(7-4-9-24-22)21(19)25-15-28/h1-10,13,15,26H,11-12,14H2,(H,24,27). The van der Waals surface area contributed by atoms with Crippen LogP contribution in [-0.4, -0.2) is 41.0 Å². The van der Waals surface area contributed by atoms with Gasteiger partial charge in [0.1, 0.15) is 24.5 Å². The molecule has 29 heavy (non-hydrogen) atoms. The van der Waals surface area contributed by atoms with Crippen LogP contribution in [0.25, 0.3) is 11.3 Å². The number of rotatable bonds is 5. The summed E-state index contributed by atoms with van der Waals surface area (Å²) in [5.74, 6) is 1.66. The quantitative estimate of drug-likeness (QED) is 0.658. The van der Waals surface area contributed by atoms with E-state index < -0.39 is 0 Å². The molecule has 4 heterocycles. The van der Waals surface area contributed by atoms with E-state index in [1.807, 2.05) is 66.1 Å². The van der Waals surface area contributed by atoms with Crippen molar-refractivity contribution in [1.82, 2.24) is 20.4 Å². The summed E-state index contributed by atoms with van der Waals surface area (Å²) in [5.41, 5.74) is 8.43. The van der Waals surface area contributed by atoms with Crippen molar-refractivity contribution in [2.24, 2.45) is 4.99 Å². The second-order valence-electron chi connectivity index (χ2n) is 6.72. The summed E-state index contributed by atoms with van der Waals surface area (Å²) >= 11 is 0. The summed E-state index contributed by atoms with van der Waals surface area (Å²) in [6.45, 7) is 1.91. The Morgan fingerprint density at radius 1 is 1.03 bits per heavy atom. The van der Waals surface area contributed by atoms with E-state index in [0.29, 0.717) is 19.7 Å². The van der Waals surface area contributed by atoms with Gasteiger partial charge in [0.2, 0.25) is 0 Å². The van der Waals surface area contributed by atoms with Gasteiger partial charge in [-0.15, -0.1) is 0 Å². The molecule has 7 heteroatoms. The first-order valence-corrected chi connectivity index (χ1v) is 9.50. The van der Waals surface area contributed by atoms with Crippen molar-refractivity contribution in [3.05, 3.63) is 78.2 Å². The predicted octanol–water partition coefficient (Wildman–Crippen LogP) is 3.33. The summed E-state index contributed by atoms with van der Waals surface area (Å²) in [7, 11) is 0. The maximum absolute atomic E-state index is 5.75. The molecule has 0 saturated carbocycles. The molecule has 0 radical (unpaired) electrons. The van der Waals surface area contributed by atoms with Gasteiger partial charge in [-0.1, -0.05) is 18.2 Å². The summed E-state index contributed by atoms with van der Waals surface area (Å²) in [4.78, 5) is 13.5. The minimum Gasteiger partial charge on any atom is -0.492 e. The van der Waals surface area contributed by atoms with Crippen molar-refractivity contribution in [3.63, 3.8) is 0 Å². The van der Waals surface area contributed by atoms with Crippen molar-refractivity contribution in [3.8, 4) is 5.75 Å². The molecule has 1 aromatic carbocycles. The molecule has 0 bridgehead atoms. The van der Waals surface area contributed by atoms with Crippen LogP contribution in [0.2, 0.25) is 0 Å². The topological polar surface area (TPSA) is 74.7 Å². The largest absolute Gasteiger partial charge is 0.492 e. The smallest absolute Gasteiger partial charge is 0.139 e. The molecule has 7 nitrogen and oxygen atoms in total. The Kier molecular flexibility index (Phi) is 4.63. The van der Waals surface area contributed by atoms with E-state index in [4.69, 9.17) is 9.73 Å². The lowest BCUT2D eigenvalue weighted by Crippen LogP contribution is -2.41. The first-order chi connectivity index (χ1) is 14.4. The van der Waals surface area contributed by atoms with Gasteiger partial charge in [-0.25, -0.2) is 15.4 Å². The van der Waals surface area contributed by atoms with Crippen LogP contribution < -0.4 is 15.5 Å². The van der Waals surface area contributed by atoms with Gasteiger partial charge in [0, 0.05) is 35.6 Å². The number of ether oxygens (including phenoxy) is 1. The van der Waals surface area contributed by atoms with Crippen LogP contribution in [0.15, 0.2) is 72.1 Å². The molecule has 2 aromatic heterocycles. The van der Waals surface area contributed by atoms with E-state index in [1.165, 1.54) is 0 Å². The molecule has 0 unspecified atom stereocenters. The Morgan fingerprint density at radius 3 is 2.90 bits per heavy atom. The maximum Gasteiger partial charge on any atom is 0.139 e.